The van der Waals surface area contributed by atoms with Crippen molar-refractivity contribution in [3.8, 4) is 100 Å². The Hall–Kier alpha value is -10.4. The van der Waals surface area contributed by atoms with Crippen molar-refractivity contribution < 1.29 is 0 Å². The van der Waals surface area contributed by atoms with E-state index in [1.807, 2.05) is 0 Å². The van der Waals surface area contributed by atoms with Gasteiger partial charge < -0.3 is 0 Å². The highest BCUT2D eigenvalue weighted by Crippen LogP contribution is 2.51. The van der Waals surface area contributed by atoms with Gasteiger partial charge in [0, 0.05) is 0 Å². The molecule has 16 rings (SSSR count). The van der Waals surface area contributed by atoms with Crippen LogP contribution in [0.3, 0.4) is 0 Å². The lowest BCUT2D eigenvalue weighted by atomic mass is 9.81. The summed E-state index contributed by atoms with van der Waals surface area (Å²) in [6.07, 6.45) is 0. The Morgan fingerprint density at radius 2 is 0.250 bits per heavy atom. The zero-order valence-electron chi connectivity index (χ0n) is 43.9. The summed E-state index contributed by atoms with van der Waals surface area (Å²) in [7, 11) is 0. The predicted octanol–water partition coefficient (Wildman–Crippen LogP) is 22.5. The number of rotatable bonds is 9. The minimum Gasteiger partial charge on any atom is -0.0622 e. The highest BCUT2D eigenvalue weighted by atomic mass is 14.3. The molecule has 0 aliphatic heterocycles. The second kappa shape index (κ2) is 18.7. The largest absolute Gasteiger partial charge is 0.0622 e. The molecule has 0 N–H and O–H groups in total. The van der Waals surface area contributed by atoms with E-state index < -0.39 is 0 Å². The maximum Gasteiger partial charge on any atom is -0.00139 e. The second-order valence-corrected chi connectivity index (χ2v) is 21.4. The van der Waals surface area contributed by atoms with Crippen molar-refractivity contribution in [2.24, 2.45) is 0 Å². The van der Waals surface area contributed by atoms with Gasteiger partial charge in [-0.15, -0.1) is 0 Å². The number of benzene rings is 16. The van der Waals surface area contributed by atoms with Gasteiger partial charge in [0.15, 0.2) is 0 Å². The van der Waals surface area contributed by atoms with Gasteiger partial charge in [-0.3, -0.25) is 0 Å². The topological polar surface area (TPSA) is 0 Å². The van der Waals surface area contributed by atoms with E-state index in [0.717, 1.165) is 0 Å². The highest BCUT2D eigenvalue weighted by Gasteiger charge is 2.23. The van der Waals surface area contributed by atoms with Crippen molar-refractivity contribution in [3.63, 3.8) is 0 Å². The monoisotopic (exact) mass is 1010 g/mol. The standard InChI is InChI=1S/C80H50/c1-7-19-53(20-8-1)69-47-71(55-23-11-3-12-24-55)63-43-45-67-75(49-73(57-27-15-5-16-28-57)65-41-39-61(69)77(63)79(65)67)59-35-31-51(32-36-59)52-33-37-60(38-34-52)76-50-74(58-29-17-6-18-30-58)66-42-40-62-70(54-21-9-2-10-22-54)48-72(56-25-13-4-14-26-56)64-44-46-68(76)80(66)78(62)64/h1-50H. The van der Waals surface area contributed by atoms with Crippen molar-refractivity contribution in [2.45, 2.75) is 0 Å². The van der Waals surface area contributed by atoms with Crippen molar-refractivity contribution in [1.29, 1.82) is 0 Å². The smallest absolute Gasteiger partial charge is 0.00139 e. The van der Waals surface area contributed by atoms with E-state index in [2.05, 4.69) is 303 Å². The van der Waals surface area contributed by atoms with E-state index in [4.69, 9.17) is 0 Å². The molecule has 80 heavy (non-hydrogen) atoms. The Kier molecular flexibility index (Phi) is 10.7. The summed E-state index contributed by atoms with van der Waals surface area (Å²) in [4.78, 5) is 0. The Morgan fingerprint density at radius 1 is 0.113 bits per heavy atom. The van der Waals surface area contributed by atoms with Crippen molar-refractivity contribution >= 4 is 64.6 Å². The van der Waals surface area contributed by atoms with Crippen LogP contribution in [0.1, 0.15) is 0 Å². The van der Waals surface area contributed by atoms with Gasteiger partial charge in [-0.1, -0.05) is 279 Å². The van der Waals surface area contributed by atoms with Crippen LogP contribution >= 0.6 is 0 Å². The fourth-order valence-electron chi connectivity index (χ4n) is 13.3. The van der Waals surface area contributed by atoms with Crippen LogP contribution in [0.25, 0.3) is 165 Å². The molecule has 0 aliphatic carbocycles. The van der Waals surface area contributed by atoms with E-state index in [1.165, 1.54) is 165 Å². The average molecular weight is 1010 g/mol. The average Bonchev–Trinajstić information content (AvgIpc) is 3.73. The van der Waals surface area contributed by atoms with Crippen LogP contribution in [0.15, 0.2) is 303 Å². The molecule has 0 aliphatic rings. The van der Waals surface area contributed by atoms with Gasteiger partial charge in [0.25, 0.3) is 0 Å². The molecule has 0 spiro atoms. The zero-order chi connectivity index (χ0) is 52.7. The first-order chi connectivity index (χ1) is 39.7. The maximum atomic E-state index is 2.43. The summed E-state index contributed by atoms with van der Waals surface area (Å²) < 4.78 is 0. The van der Waals surface area contributed by atoms with Crippen LogP contribution < -0.4 is 0 Å². The molecule has 16 aromatic carbocycles. The fraction of sp³-hybridized carbons (Fsp3) is 0. The number of hydrogen-bond acceptors (Lipinski definition) is 0. The molecule has 0 aromatic heterocycles. The minimum absolute atomic E-state index is 1.18. The van der Waals surface area contributed by atoms with E-state index in [1.54, 1.807) is 0 Å². The van der Waals surface area contributed by atoms with Crippen LogP contribution in [-0.2, 0) is 0 Å². The molecule has 370 valence electrons. The SMILES string of the molecule is c1ccc(-c2cc(-c3ccccc3)c3ccc4c(-c5ccc(-c6ccc(-c7cc(-c8ccccc8)c8ccc9c(-c%10ccccc%10)cc(-c%10ccccc%10)c%10ccc7c8c9%10)cc6)cc5)cc(-c5ccccc5)c5ccc2c3c54)cc1. The van der Waals surface area contributed by atoms with E-state index in [9.17, 15) is 0 Å². The molecule has 0 heterocycles. The quantitative estimate of drug-likeness (QED) is 0.126. The van der Waals surface area contributed by atoms with Crippen molar-refractivity contribution in [3.05, 3.63) is 303 Å². The van der Waals surface area contributed by atoms with Crippen LogP contribution in [0, 0.1) is 0 Å². The summed E-state index contributed by atoms with van der Waals surface area (Å²) in [6.45, 7) is 0. The normalized spacial score (nSPS) is 11.8. The lowest BCUT2D eigenvalue weighted by molar-refractivity contribution is 1.59. The van der Waals surface area contributed by atoms with E-state index in [0.29, 0.717) is 0 Å². The van der Waals surface area contributed by atoms with Crippen molar-refractivity contribution in [2.75, 3.05) is 0 Å². The van der Waals surface area contributed by atoms with Gasteiger partial charge in [0.1, 0.15) is 0 Å². The third kappa shape index (κ3) is 7.38. The van der Waals surface area contributed by atoms with Crippen LogP contribution in [0.4, 0.5) is 0 Å². The molecule has 0 amide bonds. The lowest BCUT2D eigenvalue weighted by Gasteiger charge is -2.22. The summed E-state index contributed by atoms with van der Waals surface area (Å²) in [5.74, 6) is 0. The molecule has 0 atom stereocenters. The highest BCUT2D eigenvalue weighted by molar-refractivity contribution is 6.33. The van der Waals surface area contributed by atoms with Gasteiger partial charge >= 0.3 is 0 Å². The first kappa shape index (κ1) is 45.8. The molecular formula is C80H50. The molecule has 0 fully saturated rings. The Labute approximate surface area is 465 Å². The molecule has 0 saturated heterocycles. The summed E-state index contributed by atoms with van der Waals surface area (Å²) in [6, 6.07) is 113. The zero-order valence-corrected chi connectivity index (χ0v) is 43.9. The Balaban J connectivity index is 0.844. The Morgan fingerprint density at radius 3 is 0.412 bits per heavy atom. The van der Waals surface area contributed by atoms with Gasteiger partial charge in [0.05, 0.1) is 0 Å². The fourth-order valence-corrected chi connectivity index (χ4v) is 13.3. The number of hydrogen-bond donors (Lipinski definition) is 0. The maximum absolute atomic E-state index is 2.43. The van der Waals surface area contributed by atoms with Gasteiger partial charge in [-0.05, 0) is 189 Å². The third-order valence-corrected chi connectivity index (χ3v) is 17.0. The summed E-state index contributed by atoms with van der Waals surface area (Å²) in [5.41, 5.74) is 22.0. The first-order valence-corrected chi connectivity index (χ1v) is 27.8. The van der Waals surface area contributed by atoms with Crippen molar-refractivity contribution in [1.82, 2.24) is 0 Å². The summed E-state index contributed by atoms with van der Waals surface area (Å²) >= 11 is 0. The molecule has 0 heteroatoms. The lowest BCUT2D eigenvalue weighted by Crippen LogP contribution is -1.94. The Bertz CT molecular complexity index is 4510. The molecule has 16 aromatic rings. The van der Waals surface area contributed by atoms with Crippen LogP contribution in [0.5, 0.6) is 0 Å². The molecule has 0 unspecified atom stereocenters. The second-order valence-electron chi connectivity index (χ2n) is 21.4. The van der Waals surface area contributed by atoms with Crippen LogP contribution in [0.2, 0.25) is 0 Å². The molecular weight excluding hydrogens is 961 g/mol. The molecule has 0 radical (unpaired) electrons. The molecule has 0 saturated carbocycles. The van der Waals surface area contributed by atoms with Crippen LogP contribution in [-0.4, -0.2) is 0 Å². The first-order valence-electron chi connectivity index (χ1n) is 27.8. The van der Waals surface area contributed by atoms with E-state index in [-0.39, 0.29) is 0 Å². The van der Waals surface area contributed by atoms with Gasteiger partial charge in [-0.25, -0.2) is 0 Å². The minimum atomic E-state index is 1.18. The van der Waals surface area contributed by atoms with Gasteiger partial charge in [0.2, 0.25) is 0 Å². The predicted molar refractivity (Wildman–Crippen MR) is 343 cm³/mol. The summed E-state index contributed by atoms with van der Waals surface area (Å²) in [5, 5.41) is 15.4. The van der Waals surface area contributed by atoms with E-state index >= 15 is 0 Å². The molecule has 0 nitrogen and oxygen atoms in total. The third-order valence-electron chi connectivity index (χ3n) is 17.0. The van der Waals surface area contributed by atoms with Gasteiger partial charge in [-0.2, -0.15) is 0 Å². The molecule has 0 bridgehead atoms.